The number of hydrogen-bond acceptors (Lipinski definition) is 2. The number of Topliss-reactive ketones (excluding diaryl/α,β-unsaturated/α-hetero) is 1. The molecular weight excluding hydrogens is 380 g/mol. The van der Waals surface area contributed by atoms with E-state index in [9.17, 15) is 9.90 Å². The fourth-order valence-electron chi connectivity index (χ4n) is 9.80. The average molecular weight is 427 g/mol. The van der Waals surface area contributed by atoms with E-state index in [4.69, 9.17) is 0 Å². The number of carbonyl (C=O) groups excluding carboxylic acids is 1. The lowest BCUT2D eigenvalue weighted by Crippen LogP contribution is -2.52. The van der Waals surface area contributed by atoms with Gasteiger partial charge in [-0.25, -0.2) is 0 Å². The molecule has 0 aromatic carbocycles. The van der Waals surface area contributed by atoms with Gasteiger partial charge in [0.1, 0.15) is 5.78 Å². The predicted octanol–water partition coefficient (Wildman–Crippen LogP) is 6.96. The molecule has 31 heavy (non-hydrogen) atoms. The summed E-state index contributed by atoms with van der Waals surface area (Å²) in [5.74, 6) is 4.96. The van der Waals surface area contributed by atoms with Crippen LogP contribution in [-0.2, 0) is 4.79 Å². The maximum Gasteiger partial charge on any atom is 0.143 e. The fraction of sp³-hybridized carbons (Fsp3) is 0.897. The van der Waals surface area contributed by atoms with Crippen molar-refractivity contribution in [2.45, 2.75) is 111 Å². The van der Waals surface area contributed by atoms with Crippen LogP contribution in [0.3, 0.4) is 0 Å². The minimum absolute atomic E-state index is 0.0159. The number of aliphatic hydroxyl groups is 1. The van der Waals surface area contributed by atoms with Crippen molar-refractivity contribution in [2.24, 2.45) is 51.8 Å². The van der Waals surface area contributed by atoms with Crippen molar-refractivity contribution >= 4 is 5.78 Å². The van der Waals surface area contributed by atoms with E-state index >= 15 is 0 Å². The highest BCUT2D eigenvalue weighted by atomic mass is 16.3. The molecule has 4 saturated carbocycles. The van der Waals surface area contributed by atoms with Crippen molar-refractivity contribution < 1.29 is 9.90 Å². The van der Waals surface area contributed by atoms with Gasteiger partial charge in [-0.3, -0.25) is 4.79 Å². The molecule has 0 radical (unpaired) electrons. The fourth-order valence-corrected chi connectivity index (χ4v) is 9.80. The maximum absolute atomic E-state index is 12.8. The second kappa shape index (κ2) is 7.44. The molecular formula is C29H46O2. The smallest absolute Gasteiger partial charge is 0.143 e. The van der Waals surface area contributed by atoms with Crippen LogP contribution in [0.15, 0.2) is 11.6 Å². The molecule has 0 saturated heterocycles. The molecule has 0 heterocycles. The summed E-state index contributed by atoms with van der Waals surface area (Å²) >= 11 is 0. The van der Waals surface area contributed by atoms with Crippen LogP contribution < -0.4 is 0 Å². The van der Waals surface area contributed by atoms with E-state index in [1.165, 1.54) is 32.1 Å². The van der Waals surface area contributed by atoms with Crippen LogP contribution >= 0.6 is 0 Å². The highest BCUT2D eigenvalue weighted by molar-refractivity contribution is 5.92. The molecule has 5 rings (SSSR count). The standard InChI is InChI=1S/C29H46O2/c1-18(2)16-20(30)17-19(3)22-7-8-23-21-6-9-25-28(5,24(21)10-12-27(22,23)4)13-11-26(31)29(25)14-15-29/h9,18-24,30H,6-8,10-17H2,1-5H3/t19-,20+,21+,22-,23+,24+,27-,28-/m1/s1. The van der Waals surface area contributed by atoms with E-state index in [1.54, 1.807) is 5.57 Å². The Morgan fingerprint density at radius 3 is 2.42 bits per heavy atom. The molecule has 0 aromatic rings. The van der Waals surface area contributed by atoms with Crippen molar-refractivity contribution in [3.8, 4) is 0 Å². The van der Waals surface area contributed by atoms with Crippen LogP contribution in [0.4, 0.5) is 0 Å². The number of allylic oxidation sites excluding steroid dienone is 2. The van der Waals surface area contributed by atoms with Gasteiger partial charge in [0.25, 0.3) is 0 Å². The molecule has 0 bridgehead atoms. The Bertz CT molecular complexity index is 761. The van der Waals surface area contributed by atoms with Crippen molar-refractivity contribution in [2.75, 3.05) is 0 Å². The SMILES string of the molecule is CC(C)C[C@H](O)C[C@@H](C)[C@H]1CC[C@H]2[C@@H]3CC=C4C5(CC5)C(=O)CC[C@]4(C)[C@H]3CC[C@]12C. The highest BCUT2D eigenvalue weighted by Gasteiger charge is 2.65. The van der Waals surface area contributed by atoms with Crippen LogP contribution in [0.2, 0.25) is 0 Å². The van der Waals surface area contributed by atoms with Crippen LogP contribution in [0, 0.1) is 51.8 Å². The summed E-state index contributed by atoms with van der Waals surface area (Å²) in [5.41, 5.74) is 2.30. The van der Waals surface area contributed by atoms with Crippen LogP contribution in [0.25, 0.3) is 0 Å². The molecule has 5 aliphatic rings. The Hall–Kier alpha value is -0.630. The molecule has 174 valence electrons. The van der Waals surface area contributed by atoms with Gasteiger partial charge in [-0.15, -0.1) is 0 Å². The van der Waals surface area contributed by atoms with Crippen molar-refractivity contribution in [1.29, 1.82) is 0 Å². The Morgan fingerprint density at radius 2 is 1.74 bits per heavy atom. The summed E-state index contributed by atoms with van der Waals surface area (Å²) < 4.78 is 0. The van der Waals surface area contributed by atoms with E-state index < -0.39 is 0 Å². The first-order valence-corrected chi connectivity index (χ1v) is 13.5. The zero-order valence-electron chi connectivity index (χ0n) is 20.8. The Kier molecular flexibility index (Phi) is 5.32. The van der Waals surface area contributed by atoms with E-state index in [0.29, 0.717) is 23.0 Å². The average Bonchev–Trinajstić information content (AvgIpc) is 3.39. The molecule has 0 amide bonds. The van der Waals surface area contributed by atoms with Crippen LogP contribution in [0.1, 0.15) is 105 Å². The molecule has 1 N–H and O–H groups in total. The van der Waals surface area contributed by atoms with Crippen molar-refractivity contribution in [3.63, 3.8) is 0 Å². The van der Waals surface area contributed by atoms with E-state index in [2.05, 4.69) is 40.7 Å². The van der Waals surface area contributed by atoms with Crippen LogP contribution in [-0.4, -0.2) is 17.0 Å². The van der Waals surface area contributed by atoms with Crippen molar-refractivity contribution in [3.05, 3.63) is 11.6 Å². The molecule has 0 aromatic heterocycles. The summed E-state index contributed by atoms with van der Waals surface area (Å²) in [6.45, 7) is 12.0. The summed E-state index contributed by atoms with van der Waals surface area (Å²) in [4.78, 5) is 12.8. The monoisotopic (exact) mass is 426 g/mol. The van der Waals surface area contributed by atoms with Gasteiger partial charge < -0.3 is 5.11 Å². The largest absolute Gasteiger partial charge is 0.393 e. The van der Waals surface area contributed by atoms with E-state index in [-0.39, 0.29) is 16.9 Å². The topological polar surface area (TPSA) is 37.3 Å². The molecule has 1 spiro atoms. The number of ketones is 1. The van der Waals surface area contributed by atoms with Gasteiger partial charge in [0, 0.05) is 6.42 Å². The van der Waals surface area contributed by atoms with Gasteiger partial charge in [-0.1, -0.05) is 46.3 Å². The number of fused-ring (bicyclic) bond motifs is 6. The minimum Gasteiger partial charge on any atom is -0.393 e. The molecule has 0 unspecified atom stereocenters. The molecule has 2 nitrogen and oxygen atoms in total. The van der Waals surface area contributed by atoms with Crippen LogP contribution in [0.5, 0.6) is 0 Å². The second-order valence-corrected chi connectivity index (χ2v) is 13.4. The highest BCUT2D eigenvalue weighted by Crippen LogP contribution is 2.72. The second-order valence-electron chi connectivity index (χ2n) is 13.4. The van der Waals surface area contributed by atoms with E-state index in [1.807, 2.05) is 0 Å². The van der Waals surface area contributed by atoms with Gasteiger partial charge in [0.15, 0.2) is 0 Å². The van der Waals surface area contributed by atoms with Gasteiger partial charge in [0.2, 0.25) is 0 Å². The maximum atomic E-state index is 12.8. The third kappa shape index (κ3) is 3.24. The molecule has 8 atom stereocenters. The van der Waals surface area contributed by atoms with Gasteiger partial charge in [-0.05, 0) is 111 Å². The molecule has 0 aliphatic heterocycles. The Labute approximate surface area is 190 Å². The van der Waals surface area contributed by atoms with Gasteiger partial charge in [0.05, 0.1) is 11.5 Å². The molecule has 4 fully saturated rings. The van der Waals surface area contributed by atoms with Crippen molar-refractivity contribution in [1.82, 2.24) is 0 Å². The number of aliphatic hydroxyl groups excluding tert-OH is 1. The molecule has 5 aliphatic carbocycles. The minimum atomic E-state index is -0.137. The predicted molar refractivity (Wildman–Crippen MR) is 126 cm³/mol. The third-order valence-corrected chi connectivity index (χ3v) is 11.3. The summed E-state index contributed by atoms with van der Waals surface area (Å²) in [7, 11) is 0. The normalized spacial score (nSPS) is 45.0. The molecule has 2 heteroatoms. The zero-order chi connectivity index (χ0) is 22.2. The first kappa shape index (κ1) is 22.2. The lowest BCUT2D eigenvalue weighted by Gasteiger charge is -2.59. The third-order valence-electron chi connectivity index (χ3n) is 11.3. The zero-order valence-corrected chi connectivity index (χ0v) is 20.8. The summed E-state index contributed by atoms with van der Waals surface area (Å²) in [6.07, 6.45) is 15.2. The number of rotatable bonds is 5. The lowest BCUT2D eigenvalue weighted by atomic mass is 9.45. The number of hydrogen-bond donors (Lipinski definition) is 1. The summed E-state index contributed by atoms with van der Waals surface area (Å²) in [5, 5.41) is 10.6. The Morgan fingerprint density at radius 1 is 1.00 bits per heavy atom. The quantitative estimate of drug-likeness (QED) is 0.483. The number of carbonyl (C=O) groups is 1. The first-order chi connectivity index (χ1) is 14.6. The lowest BCUT2D eigenvalue weighted by molar-refractivity contribution is -0.128. The van der Waals surface area contributed by atoms with Gasteiger partial charge in [-0.2, -0.15) is 0 Å². The Balaban J connectivity index is 1.36. The van der Waals surface area contributed by atoms with E-state index in [0.717, 1.165) is 62.2 Å². The van der Waals surface area contributed by atoms with Gasteiger partial charge >= 0.3 is 0 Å². The summed E-state index contributed by atoms with van der Waals surface area (Å²) in [6, 6.07) is 0. The first-order valence-electron chi connectivity index (χ1n) is 13.5.